The van der Waals surface area contributed by atoms with Gasteiger partial charge in [-0.25, -0.2) is 4.79 Å². The maximum atomic E-state index is 12.8. The molecular formula is C17H23F3N2O2. The first-order valence-electron chi connectivity index (χ1n) is 7.88. The van der Waals surface area contributed by atoms with E-state index < -0.39 is 17.2 Å². The van der Waals surface area contributed by atoms with Crippen molar-refractivity contribution in [2.24, 2.45) is 5.41 Å². The van der Waals surface area contributed by atoms with Gasteiger partial charge in [0.1, 0.15) is 0 Å². The molecular weight excluding hydrogens is 321 g/mol. The predicted molar refractivity (Wildman–Crippen MR) is 84.6 cm³/mol. The second-order valence-corrected chi connectivity index (χ2v) is 7.16. The number of aliphatic hydroxyl groups is 1. The zero-order valence-electron chi connectivity index (χ0n) is 13.8. The van der Waals surface area contributed by atoms with E-state index >= 15 is 0 Å². The number of alkyl halides is 3. The van der Waals surface area contributed by atoms with Crippen LogP contribution in [0.1, 0.15) is 37.8 Å². The Morgan fingerprint density at radius 1 is 1.21 bits per heavy atom. The lowest BCUT2D eigenvalue weighted by Gasteiger charge is -2.26. The van der Waals surface area contributed by atoms with Gasteiger partial charge in [-0.2, -0.15) is 13.2 Å². The molecule has 2 rings (SSSR count). The van der Waals surface area contributed by atoms with Crippen LogP contribution in [-0.2, 0) is 11.6 Å². The van der Waals surface area contributed by atoms with Crippen molar-refractivity contribution in [2.45, 2.75) is 38.3 Å². The first-order valence-corrected chi connectivity index (χ1v) is 7.88. The average Bonchev–Trinajstić information content (AvgIpc) is 3.31. The van der Waals surface area contributed by atoms with Gasteiger partial charge in [-0.05, 0) is 24.5 Å². The van der Waals surface area contributed by atoms with Gasteiger partial charge in [0.15, 0.2) is 0 Å². The Hall–Kier alpha value is -1.76. The Labute approximate surface area is 139 Å². The first kappa shape index (κ1) is 18.6. The molecule has 4 nitrogen and oxygen atoms in total. The molecule has 0 aromatic heterocycles. The number of urea groups is 1. The lowest BCUT2D eigenvalue weighted by atomic mass is 9.84. The number of nitrogens with one attached hydrogen (secondary N) is 2. The molecule has 1 aromatic rings. The summed E-state index contributed by atoms with van der Waals surface area (Å²) in [7, 11) is 0. The van der Waals surface area contributed by atoms with Gasteiger partial charge in [-0.15, -0.1) is 0 Å². The molecule has 7 heteroatoms. The van der Waals surface area contributed by atoms with Gasteiger partial charge in [-0.3, -0.25) is 0 Å². The third-order valence-electron chi connectivity index (χ3n) is 4.58. The summed E-state index contributed by atoms with van der Waals surface area (Å²) >= 11 is 0. The lowest BCUT2D eigenvalue weighted by Crippen LogP contribution is -2.44. The minimum absolute atomic E-state index is 0.0447. The van der Waals surface area contributed by atoms with Gasteiger partial charge < -0.3 is 15.7 Å². The maximum Gasteiger partial charge on any atom is 0.416 e. The zero-order valence-corrected chi connectivity index (χ0v) is 13.8. The molecule has 1 aliphatic rings. The molecule has 24 heavy (non-hydrogen) atoms. The van der Waals surface area contributed by atoms with Gasteiger partial charge in [0.25, 0.3) is 0 Å². The van der Waals surface area contributed by atoms with Crippen molar-refractivity contribution in [3.63, 3.8) is 0 Å². The quantitative estimate of drug-likeness (QED) is 0.743. The number of carbonyl (C=O) groups excluding carboxylic acids is 1. The highest BCUT2D eigenvalue weighted by Crippen LogP contribution is 2.44. The number of hydrogen-bond donors (Lipinski definition) is 3. The zero-order chi connectivity index (χ0) is 18.0. The number of hydrogen-bond acceptors (Lipinski definition) is 2. The number of aliphatic hydroxyl groups excluding tert-OH is 1. The maximum absolute atomic E-state index is 12.8. The molecule has 134 valence electrons. The third kappa shape index (κ3) is 4.63. The molecule has 1 fully saturated rings. The summed E-state index contributed by atoms with van der Waals surface area (Å²) in [5.41, 5.74) is -1.02. The Morgan fingerprint density at radius 2 is 1.83 bits per heavy atom. The van der Waals surface area contributed by atoms with Crippen LogP contribution in [0.3, 0.4) is 0 Å². The van der Waals surface area contributed by atoms with Crippen LogP contribution in [-0.4, -0.2) is 30.8 Å². The molecule has 1 saturated carbocycles. The van der Waals surface area contributed by atoms with E-state index in [-0.39, 0.29) is 24.6 Å². The second-order valence-electron chi connectivity index (χ2n) is 7.16. The molecule has 0 saturated heterocycles. The van der Waals surface area contributed by atoms with E-state index in [4.69, 9.17) is 0 Å². The second kappa shape index (κ2) is 6.63. The fourth-order valence-corrected chi connectivity index (χ4v) is 2.42. The topological polar surface area (TPSA) is 61.4 Å². The van der Waals surface area contributed by atoms with E-state index in [0.717, 1.165) is 25.0 Å². The van der Waals surface area contributed by atoms with Crippen molar-refractivity contribution >= 4 is 6.03 Å². The van der Waals surface area contributed by atoms with Crippen LogP contribution in [0.2, 0.25) is 0 Å². The van der Waals surface area contributed by atoms with Gasteiger partial charge in [-0.1, -0.05) is 32.0 Å². The minimum Gasteiger partial charge on any atom is -0.396 e. The molecule has 0 unspecified atom stereocenters. The normalized spacial score (nSPS) is 16.6. The van der Waals surface area contributed by atoms with Gasteiger partial charge >= 0.3 is 12.2 Å². The molecule has 2 amide bonds. The van der Waals surface area contributed by atoms with Gasteiger partial charge in [0.2, 0.25) is 0 Å². The largest absolute Gasteiger partial charge is 0.416 e. The van der Waals surface area contributed by atoms with Crippen molar-refractivity contribution in [3.8, 4) is 0 Å². The summed E-state index contributed by atoms with van der Waals surface area (Å²) in [5, 5.41) is 14.6. The van der Waals surface area contributed by atoms with Crippen LogP contribution >= 0.6 is 0 Å². The fraction of sp³-hybridized carbons (Fsp3) is 0.588. The Kier molecular flexibility index (Phi) is 5.13. The van der Waals surface area contributed by atoms with E-state index in [2.05, 4.69) is 10.6 Å². The van der Waals surface area contributed by atoms with E-state index in [1.165, 1.54) is 6.07 Å². The fourth-order valence-electron chi connectivity index (χ4n) is 2.42. The van der Waals surface area contributed by atoms with Crippen molar-refractivity contribution in [1.82, 2.24) is 10.6 Å². The highest BCUT2D eigenvalue weighted by atomic mass is 19.4. The van der Waals surface area contributed by atoms with Crippen LogP contribution < -0.4 is 10.6 Å². The molecule has 3 N–H and O–H groups in total. The minimum atomic E-state index is -4.39. The molecule has 1 aromatic carbocycles. The SMILES string of the molecule is CC(C)(CNC(=O)NCC1(CO)CC1)c1cccc(C(F)(F)F)c1. The Balaban J connectivity index is 1.92. The number of benzene rings is 1. The molecule has 0 spiro atoms. The molecule has 0 atom stereocenters. The highest BCUT2D eigenvalue weighted by Gasteiger charge is 2.42. The summed E-state index contributed by atoms with van der Waals surface area (Å²) in [6.45, 7) is 4.20. The van der Waals surface area contributed by atoms with Crippen molar-refractivity contribution in [1.29, 1.82) is 0 Å². The Bertz CT molecular complexity index is 596. The van der Waals surface area contributed by atoms with E-state index in [1.54, 1.807) is 19.9 Å². The molecule has 0 aliphatic heterocycles. The monoisotopic (exact) mass is 344 g/mol. The lowest BCUT2D eigenvalue weighted by molar-refractivity contribution is -0.137. The van der Waals surface area contributed by atoms with Crippen LogP contribution in [0, 0.1) is 5.41 Å². The number of carbonyl (C=O) groups is 1. The highest BCUT2D eigenvalue weighted by molar-refractivity contribution is 5.74. The van der Waals surface area contributed by atoms with Gasteiger partial charge in [0, 0.05) is 23.9 Å². The predicted octanol–water partition coefficient (Wildman–Crippen LogP) is 3.05. The standard InChI is InChI=1S/C17H23F3N2O2/c1-15(2,12-4-3-5-13(8-12)17(18,19)20)9-21-14(24)22-10-16(11-23)6-7-16/h3-5,8,23H,6-7,9-11H2,1-2H3,(H2,21,22,24). The average molecular weight is 344 g/mol. The van der Waals surface area contributed by atoms with Crippen LogP contribution in [0.15, 0.2) is 24.3 Å². The third-order valence-corrected chi connectivity index (χ3v) is 4.58. The van der Waals surface area contributed by atoms with Crippen molar-refractivity contribution < 1.29 is 23.1 Å². The molecule has 0 radical (unpaired) electrons. The van der Waals surface area contributed by atoms with Crippen molar-refractivity contribution in [3.05, 3.63) is 35.4 Å². The van der Waals surface area contributed by atoms with Crippen molar-refractivity contribution in [2.75, 3.05) is 19.7 Å². The molecule has 0 bridgehead atoms. The van der Waals surface area contributed by atoms with E-state index in [9.17, 15) is 23.1 Å². The van der Waals surface area contributed by atoms with E-state index in [0.29, 0.717) is 12.1 Å². The number of amides is 2. The Morgan fingerprint density at radius 3 is 2.38 bits per heavy atom. The summed E-state index contributed by atoms with van der Waals surface area (Å²) in [6, 6.07) is 4.77. The molecule has 0 heterocycles. The van der Waals surface area contributed by atoms with Crippen LogP contribution in [0.25, 0.3) is 0 Å². The van der Waals surface area contributed by atoms with Crippen LogP contribution in [0.4, 0.5) is 18.0 Å². The summed E-state index contributed by atoms with van der Waals surface area (Å²) in [5.74, 6) is 0. The first-order chi connectivity index (χ1) is 11.1. The molecule has 1 aliphatic carbocycles. The summed E-state index contributed by atoms with van der Waals surface area (Å²) in [6.07, 6.45) is -2.61. The van der Waals surface area contributed by atoms with Gasteiger partial charge in [0.05, 0.1) is 12.2 Å². The number of rotatable bonds is 6. The summed E-state index contributed by atoms with van der Waals surface area (Å²) < 4.78 is 38.5. The number of halogens is 3. The summed E-state index contributed by atoms with van der Waals surface area (Å²) in [4.78, 5) is 11.9. The smallest absolute Gasteiger partial charge is 0.396 e. The van der Waals surface area contributed by atoms with Crippen LogP contribution in [0.5, 0.6) is 0 Å². The van der Waals surface area contributed by atoms with E-state index in [1.807, 2.05) is 0 Å².